The van der Waals surface area contributed by atoms with Gasteiger partial charge in [0.25, 0.3) is 5.91 Å². The summed E-state index contributed by atoms with van der Waals surface area (Å²) < 4.78 is 16.9. The summed E-state index contributed by atoms with van der Waals surface area (Å²) in [6.45, 7) is 2.45. The van der Waals surface area contributed by atoms with Crippen molar-refractivity contribution in [2.75, 3.05) is 27.4 Å². The van der Waals surface area contributed by atoms with Crippen LogP contribution in [-0.2, 0) is 14.4 Å². The lowest BCUT2D eigenvalue weighted by Crippen LogP contribution is -2.31. The monoisotopic (exact) mass is 191 g/mol. The van der Waals surface area contributed by atoms with Gasteiger partial charge in [0, 0.05) is 7.05 Å². The second kappa shape index (κ2) is 6.56. The van der Waals surface area contributed by atoms with Crippen molar-refractivity contribution in [3.8, 4) is 0 Å². The SMILES string of the molecule is C=CC(CF)OCC(=O)N(C)OC. The Kier molecular flexibility index (Phi) is 6.09. The summed E-state index contributed by atoms with van der Waals surface area (Å²) in [4.78, 5) is 15.6. The zero-order valence-corrected chi connectivity index (χ0v) is 7.83. The zero-order valence-electron chi connectivity index (χ0n) is 7.83. The Morgan fingerprint density at radius 2 is 2.38 bits per heavy atom. The fourth-order valence-electron chi connectivity index (χ4n) is 0.547. The number of amides is 1. The van der Waals surface area contributed by atoms with Gasteiger partial charge in [0.2, 0.25) is 0 Å². The quantitative estimate of drug-likeness (QED) is 0.454. The molecular formula is C8H14FNO3. The Morgan fingerprint density at radius 1 is 1.77 bits per heavy atom. The maximum atomic E-state index is 12.0. The first-order valence-corrected chi connectivity index (χ1v) is 3.76. The van der Waals surface area contributed by atoms with Crippen LogP contribution in [0.5, 0.6) is 0 Å². The van der Waals surface area contributed by atoms with Gasteiger partial charge in [-0.1, -0.05) is 6.08 Å². The molecule has 13 heavy (non-hydrogen) atoms. The van der Waals surface area contributed by atoms with Crippen LogP contribution < -0.4 is 0 Å². The second-order valence-corrected chi connectivity index (χ2v) is 2.31. The molecule has 1 unspecified atom stereocenters. The molecule has 0 bridgehead atoms. The van der Waals surface area contributed by atoms with Crippen molar-refractivity contribution in [2.45, 2.75) is 6.10 Å². The van der Waals surface area contributed by atoms with Gasteiger partial charge in [0.05, 0.1) is 7.11 Å². The minimum absolute atomic E-state index is 0.217. The van der Waals surface area contributed by atoms with E-state index in [2.05, 4.69) is 11.4 Å². The molecule has 5 heteroatoms. The van der Waals surface area contributed by atoms with Crippen LogP contribution in [-0.4, -0.2) is 44.5 Å². The summed E-state index contributed by atoms with van der Waals surface area (Å²) in [7, 11) is 2.81. The van der Waals surface area contributed by atoms with Crippen LogP contribution in [0.1, 0.15) is 0 Å². The van der Waals surface area contributed by atoms with Crippen molar-refractivity contribution < 1.29 is 18.8 Å². The third-order valence-electron chi connectivity index (χ3n) is 1.46. The number of hydrogen-bond acceptors (Lipinski definition) is 3. The van der Waals surface area contributed by atoms with Gasteiger partial charge in [-0.3, -0.25) is 9.63 Å². The average Bonchev–Trinajstić information content (AvgIpc) is 2.17. The van der Waals surface area contributed by atoms with Gasteiger partial charge in [-0.2, -0.15) is 0 Å². The molecule has 0 aliphatic carbocycles. The number of halogens is 1. The predicted octanol–water partition coefficient (Wildman–Crippen LogP) is 0.547. The van der Waals surface area contributed by atoms with E-state index in [9.17, 15) is 9.18 Å². The summed E-state index contributed by atoms with van der Waals surface area (Å²) in [5.74, 6) is -0.372. The molecule has 0 aromatic rings. The van der Waals surface area contributed by atoms with Crippen molar-refractivity contribution in [1.29, 1.82) is 0 Å². The first-order valence-electron chi connectivity index (χ1n) is 3.76. The maximum absolute atomic E-state index is 12.0. The lowest BCUT2D eigenvalue weighted by Gasteiger charge is -2.15. The van der Waals surface area contributed by atoms with E-state index in [-0.39, 0.29) is 12.5 Å². The van der Waals surface area contributed by atoms with Crippen LogP contribution in [0.2, 0.25) is 0 Å². The van der Waals surface area contributed by atoms with Crippen LogP contribution in [0.25, 0.3) is 0 Å². The van der Waals surface area contributed by atoms with Gasteiger partial charge in [-0.25, -0.2) is 9.45 Å². The van der Waals surface area contributed by atoms with Gasteiger partial charge in [-0.05, 0) is 0 Å². The number of nitrogens with zero attached hydrogens (tertiary/aromatic N) is 1. The van der Waals surface area contributed by atoms with Crippen molar-refractivity contribution in [3.63, 3.8) is 0 Å². The Balaban J connectivity index is 3.74. The van der Waals surface area contributed by atoms with Crippen LogP contribution in [0.4, 0.5) is 4.39 Å². The van der Waals surface area contributed by atoms with Crippen LogP contribution >= 0.6 is 0 Å². The van der Waals surface area contributed by atoms with Gasteiger partial charge in [0.15, 0.2) is 0 Å². The third kappa shape index (κ3) is 4.59. The number of hydroxylamine groups is 2. The predicted molar refractivity (Wildman–Crippen MR) is 45.7 cm³/mol. The minimum atomic E-state index is -0.728. The molecule has 76 valence electrons. The number of hydrogen-bond donors (Lipinski definition) is 0. The molecule has 4 nitrogen and oxygen atoms in total. The summed E-state index contributed by atoms with van der Waals surface area (Å²) >= 11 is 0. The molecule has 1 atom stereocenters. The van der Waals surface area contributed by atoms with Crippen molar-refractivity contribution in [2.24, 2.45) is 0 Å². The molecule has 0 aromatic heterocycles. The fraction of sp³-hybridized carbons (Fsp3) is 0.625. The average molecular weight is 191 g/mol. The van der Waals surface area contributed by atoms with E-state index in [1.165, 1.54) is 20.2 Å². The van der Waals surface area contributed by atoms with Crippen molar-refractivity contribution in [1.82, 2.24) is 5.06 Å². The van der Waals surface area contributed by atoms with E-state index in [0.717, 1.165) is 5.06 Å². The molecule has 0 spiro atoms. The van der Waals surface area contributed by atoms with E-state index < -0.39 is 12.8 Å². The number of ether oxygens (including phenoxy) is 1. The number of alkyl halides is 1. The van der Waals surface area contributed by atoms with Crippen molar-refractivity contribution >= 4 is 5.91 Å². The molecule has 0 aliphatic rings. The number of likely N-dealkylation sites (N-methyl/N-ethyl adjacent to an activating group) is 1. The topological polar surface area (TPSA) is 38.8 Å². The molecule has 0 saturated heterocycles. The third-order valence-corrected chi connectivity index (χ3v) is 1.46. The van der Waals surface area contributed by atoms with E-state index in [1.54, 1.807) is 0 Å². The smallest absolute Gasteiger partial charge is 0.271 e. The van der Waals surface area contributed by atoms with Crippen LogP contribution in [0.15, 0.2) is 12.7 Å². The fourth-order valence-corrected chi connectivity index (χ4v) is 0.547. The molecule has 0 saturated carbocycles. The summed E-state index contributed by atoms with van der Waals surface area (Å²) in [6, 6.07) is 0. The molecule has 0 fully saturated rings. The maximum Gasteiger partial charge on any atom is 0.271 e. The molecule has 0 heterocycles. The largest absolute Gasteiger partial charge is 0.362 e. The number of carbonyl (C=O) groups is 1. The van der Waals surface area contributed by atoms with Gasteiger partial charge >= 0.3 is 0 Å². The lowest BCUT2D eigenvalue weighted by atomic mass is 10.4. The van der Waals surface area contributed by atoms with Gasteiger partial charge in [-0.15, -0.1) is 6.58 Å². The number of carbonyl (C=O) groups excluding carboxylic acids is 1. The summed E-state index contributed by atoms with van der Waals surface area (Å²) in [5, 5.41) is 1.01. The van der Waals surface area contributed by atoms with Gasteiger partial charge in [0.1, 0.15) is 19.4 Å². The highest BCUT2D eigenvalue weighted by molar-refractivity contribution is 5.76. The normalized spacial score (nSPS) is 12.2. The molecule has 0 rings (SSSR count). The second-order valence-electron chi connectivity index (χ2n) is 2.31. The van der Waals surface area contributed by atoms with E-state index in [0.29, 0.717) is 0 Å². The number of rotatable bonds is 6. The summed E-state index contributed by atoms with van der Waals surface area (Å²) in [5.41, 5.74) is 0. The molecule has 0 radical (unpaired) electrons. The van der Waals surface area contributed by atoms with Crippen molar-refractivity contribution in [3.05, 3.63) is 12.7 Å². The Morgan fingerprint density at radius 3 is 2.77 bits per heavy atom. The van der Waals surface area contributed by atoms with Crippen LogP contribution in [0.3, 0.4) is 0 Å². The van der Waals surface area contributed by atoms with E-state index >= 15 is 0 Å². The first kappa shape index (κ1) is 12.1. The highest BCUT2D eigenvalue weighted by atomic mass is 19.1. The van der Waals surface area contributed by atoms with Gasteiger partial charge < -0.3 is 4.74 Å². The Bertz CT molecular complexity index is 175. The highest BCUT2D eigenvalue weighted by Gasteiger charge is 2.11. The highest BCUT2D eigenvalue weighted by Crippen LogP contribution is 1.95. The molecule has 0 aromatic carbocycles. The van der Waals surface area contributed by atoms with Crippen LogP contribution in [0, 0.1) is 0 Å². The molecule has 1 amide bonds. The minimum Gasteiger partial charge on any atom is -0.362 e. The molecular weight excluding hydrogens is 177 g/mol. The lowest BCUT2D eigenvalue weighted by molar-refractivity contribution is -0.174. The molecule has 0 aliphatic heterocycles. The summed E-state index contributed by atoms with van der Waals surface area (Å²) in [6.07, 6.45) is 0.578. The van der Waals surface area contributed by atoms with E-state index in [1.807, 2.05) is 0 Å². The standard InChI is InChI=1S/C8H14FNO3/c1-4-7(5-9)13-6-8(11)10(2)12-3/h4,7H,1,5-6H2,2-3H3. The van der Waals surface area contributed by atoms with E-state index in [4.69, 9.17) is 4.74 Å². The Labute approximate surface area is 76.9 Å². The first-order chi connectivity index (χ1) is 6.15. The zero-order chi connectivity index (χ0) is 10.3. The Hall–Kier alpha value is -0.940. The molecule has 0 N–H and O–H groups in total.